The average Bonchev–Trinajstić information content (AvgIpc) is 2.55. The second kappa shape index (κ2) is 8.73. The van der Waals surface area contributed by atoms with Crippen molar-refractivity contribution in [3.05, 3.63) is 73.2 Å². The number of sulfonamides is 1. The van der Waals surface area contributed by atoms with Crippen molar-refractivity contribution in [1.82, 2.24) is 4.72 Å². The van der Waals surface area contributed by atoms with E-state index in [-0.39, 0.29) is 10.8 Å². The van der Waals surface area contributed by atoms with Gasteiger partial charge >= 0.3 is 0 Å². The van der Waals surface area contributed by atoms with E-state index in [0.717, 1.165) is 6.08 Å². The molecule has 0 saturated heterocycles. The van der Waals surface area contributed by atoms with Gasteiger partial charge in [0.05, 0.1) is 17.7 Å². The maximum atomic E-state index is 12.4. The smallest absolute Gasteiger partial charge is 0.261 e. The minimum atomic E-state index is -3.77. The number of hydrogen-bond acceptors (Lipinski definition) is 4. The first-order chi connectivity index (χ1) is 11.3. The highest BCUT2D eigenvalue weighted by atomic mass is 32.2. The molecule has 0 spiro atoms. The summed E-state index contributed by atoms with van der Waals surface area (Å²) in [4.78, 5) is 11.3. The molecule has 0 fully saturated rings. The second-order valence-electron chi connectivity index (χ2n) is 4.61. The van der Waals surface area contributed by atoms with Crippen molar-refractivity contribution >= 4 is 21.6 Å². The molecule has 0 radical (unpaired) electrons. The lowest BCUT2D eigenvalue weighted by Crippen LogP contribution is -2.23. The van der Waals surface area contributed by atoms with Gasteiger partial charge < -0.3 is 10.1 Å². The largest absolute Gasteiger partial charge is 0.495 e. The van der Waals surface area contributed by atoms with E-state index in [1.165, 1.54) is 31.4 Å². The standard InChI is InChI=1S/C17H20N2O4S/c1-5-7-8-16(23-4)13(3)19-24(21,22)15-11-9-14(10-12-15)18-17(20)6-2/h5-12,19H,1-2H2,3-4H3,(H,18,20)/b8-7-,16-13-. The fourth-order valence-corrected chi connectivity index (χ4v) is 2.84. The van der Waals surface area contributed by atoms with Gasteiger partial charge in [0.25, 0.3) is 10.0 Å². The summed E-state index contributed by atoms with van der Waals surface area (Å²) in [5.74, 6) is -0.00501. The van der Waals surface area contributed by atoms with E-state index < -0.39 is 10.0 Å². The Labute approximate surface area is 142 Å². The quantitative estimate of drug-likeness (QED) is 0.430. The molecule has 1 aromatic rings. The van der Waals surface area contributed by atoms with Crippen LogP contribution in [0.3, 0.4) is 0 Å². The van der Waals surface area contributed by atoms with E-state index in [9.17, 15) is 13.2 Å². The number of nitrogens with one attached hydrogen (secondary N) is 2. The number of rotatable bonds is 8. The van der Waals surface area contributed by atoms with Gasteiger partial charge in [0, 0.05) is 5.69 Å². The van der Waals surface area contributed by atoms with Gasteiger partial charge in [0.15, 0.2) is 0 Å². The summed E-state index contributed by atoms with van der Waals surface area (Å²) in [6, 6.07) is 5.76. The lowest BCUT2D eigenvalue weighted by atomic mass is 10.3. The van der Waals surface area contributed by atoms with Crippen molar-refractivity contribution in [2.24, 2.45) is 0 Å². The maximum absolute atomic E-state index is 12.4. The van der Waals surface area contributed by atoms with Crippen molar-refractivity contribution < 1.29 is 17.9 Å². The molecule has 0 saturated carbocycles. The predicted molar refractivity (Wildman–Crippen MR) is 94.6 cm³/mol. The molecule has 0 unspecified atom stereocenters. The van der Waals surface area contributed by atoms with Crippen molar-refractivity contribution in [3.8, 4) is 0 Å². The minimum absolute atomic E-state index is 0.0570. The van der Waals surface area contributed by atoms with Crippen LogP contribution < -0.4 is 10.0 Å². The number of allylic oxidation sites excluding steroid dienone is 4. The predicted octanol–water partition coefficient (Wildman–Crippen LogP) is 2.71. The molecular weight excluding hydrogens is 328 g/mol. The van der Waals surface area contributed by atoms with Crippen LogP contribution in [-0.4, -0.2) is 21.4 Å². The Bertz CT molecular complexity index is 775. The minimum Gasteiger partial charge on any atom is -0.495 e. The van der Waals surface area contributed by atoms with E-state index in [1.807, 2.05) is 0 Å². The first kappa shape index (κ1) is 19.2. The zero-order chi connectivity index (χ0) is 18.2. The zero-order valence-corrected chi connectivity index (χ0v) is 14.4. The number of hydrogen-bond donors (Lipinski definition) is 2. The molecule has 0 heterocycles. The molecule has 0 bridgehead atoms. The van der Waals surface area contributed by atoms with Crippen LogP contribution in [-0.2, 0) is 19.6 Å². The van der Waals surface area contributed by atoms with Crippen LogP contribution in [0.5, 0.6) is 0 Å². The number of amides is 1. The van der Waals surface area contributed by atoms with Crippen LogP contribution in [0.15, 0.2) is 78.1 Å². The number of benzene rings is 1. The summed E-state index contributed by atoms with van der Waals surface area (Å²) in [6.07, 6.45) is 5.91. The first-order valence-electron chi connectivity index (χ1n) is 6.94. The Morgan fingerprint density at radius 1 is 1.21 bits per heavy atom. The molecule has 0 aromatic heterocycles. The Balaban J connectivity index is 3.01. The summed E-state index contributed by atoms with van der Waals surface area (Å²) in [7, 11) is -2.33. The van der Waals surface area contributed by atoms with Gasteiger partial charge in [-0.2, -0.15) is 0 Å². The first-order valence-corrected chi connectivity index (χ1v) is 8.42. The molecule has 0 aliphatic rings. The molecule has 6 nitrogen and oxygen atoms in total. The zero-order valence-electron chi connectivity index (χ0n) is 13.6. The lowest BCUT2D eigenvalue weighted by molar-refractivity contribution is -0.111. The van der Waals surface area contributed by atoms with Gasteiger partial charge in [0.2, 0.25) is 5.91 Å². The number of anilines is 1. The summed E-state index contributed by atoms with van der Waals surface area (Å²) in [5, 5.41) is 2.54. The van der Waals surface area contributed by atoms with Crippen molar-refractivity contribution in [2.45, 2.75) is 11.8 Å². The van der Waals surface area contributed by atoms with Crippen molar-refractivity contribution in [2.75, 3.05) is 12.4 Å². The number of ether oxygens (including phenoxy) is 1. The molecular formula is C17H20N2O4S. The van der Waals surface area contributed by atoms with Gasteiger partial charge in [-0.05, 0) is 43.3 Å². The van der Waals surface area contributed by atoms with Crippen molar-refractivity contribution in [1.29, 1.82) is 0 Å². The lowest BCUT2D eigenvalue weighted by Gasteiger charge is -2.12. The monoisotopic (exact) mass is 348 g/mol. The third-order valence-corrected chi connectivity index (χ3v) is 4.35. The van der Waals surface area contributed by atoms with Gasteiger partial charge in [-0.25, -0.2) is 8.42 Å². The van der Waals surface area contributed by atoms with E-state index in [1.54, 1.807) is 25.2 Å². The van der Waals surface area contributed by atoms with Gasteiger partial charge in [-0.1, -0.05) is 25.3 Å². The average molecular weight is 348 g/mol. The highest BCUT2D eigenvalue weighted by Crippen LogP contribution is 2.16. The highest BCUT2D eigenvalue weighted by molar-refractivity contribution is 7.89. The molecule has 1 aromatic carbocycles. The topological polar surface area (TPSA) is 84.5 Å². The summed E-state index contributed by atoms with van der Waals surface area (Å²) in [5.41, 5.74) is 0.803. The Kier molecular flexibility index (Phi) is 7.00. The van der Waals surface area contributed by atoms with E-state index in [4.69, 9.17) is 4.74 Å². The molecule has 128 valence electrons. The van der Waals surface area contributed by atoms with E-state index >= 15 is 0 Å². The molecule has 2 N–H and O–H groups in total. The molecule has 7 heteroatoms. The Morgan fingerprint density at radius 2 is 1.83 bits per heavy atom. The SMILES string of the molecule is C=C/C=C\C(OC)=C(/C)NS(=O)(=O)c1ccc(NC(=O)C=C)cc1. The summed E-state index contributed by atoms with van der Waals surface area (Å²) < 4.78 is 32.3. The molecule has 24 heavy (non-hydrogen) atoms. The van der Waals surface area contributed by atoms with Crippen LogP contribution in [0, 0.1) is 0 Å². The summed E-state index contributed by atoms with van der Waals surface area (Å²) >= 11 is 0. The van der Waals surface area contributed by atoms with E-state index in [2.05, 4.69) is 23.2 Å². The third-order valence-electron chi connectivity index (χ3n) is 2.88. The Morgan fingerprint density at radius 3 is 2.33 bits per heavy atom. The molecule has 0 atom stereocenters. The number of methoxy groups -OCH3 is 1. The van der Waals surface area contributed by atoms with Crippen LogP contribution in [0.4, 0.5) is 5.69 Å². The fraction of sp³-hybridized carbons (Fsp3) is 0.118. The molecule has 0 aliphatic carbocycles. The maximum Gasteiger partial charge on any atom is 0.261 e. The fourth-order valence-electron chi connectivity index (χ4n) is 1.72. The van der Waals surface area contributed by atoms with Gasteiger partial charge in [-0.15, -0.1) is 0 Å². The number of carbonyl (C=O) groups excluding carboxylic acids is 1. The highest BCUT2D eigenvalue weighted by Gasteiger charge is 2.15. The normalized spacial score (nSPS) is 12.2. The molecule has 1 amide bonds. The second-order valence-corrected chi connectivity index (χ2v) is 6.29. The number of carbonyl (C=O) groups is 1. The van der Waals surface area contributed by atoms with Crippen molar-refractivity contribution in [3.63, 3.8) is 0 Å². The van der Waals surface area contributed by atoms with Gasteiger partial charge in [-0.3, -0.25) is 9.52 Å². The van der Waals surface area contributed by atoms with Crippen LogP contribution in [0.25, 0.3) is 0 Å². The Hall–Kier alpha value is -2.80. The molecule has 0 aliphatic heterocycles. The van der Waals surface area contributed by atoms with E-state index in [0.29, 0.717) is 17.1 Å². The van der Waals surface area contributed by atoms with Crippen LogP contribution in [0.1, 0.15) is 6.92 Å². The summed E-state index contributed by atoms with van der Waals surface area (Å²) in [6.45, 7) is 8.47. The van der Waals surface area contributed by atoms with Crippen LogP contribution in [0.2, 0.25) is 0 Å². The third kappa shape index (κ3) is 5.44. The van der Waals surface area contributed by atoms with Crippen LogP contribution >= 0.6 is 0 Å². The van der Waals surface area contributed by atoms with Gasteiger partial charge in [0.1, 0.15) is 5.76 Å². The molecule has 1 rings (SSSR count).